The molecule has 0 aliphatic heterocycles. The Balaban J connectivity index is 2.72. The monoisotopic (exact) mass is 269 g/mol. The van der Waals surface area contributed by atoms with Crippen LogP contribution < -0.4 is 5.32 Å². The predicted octanol–water partition coefficient (Wildman–Crippen LogP) is 1.85. The van der Waals surface area contributed by atoms with Gasteiger partial charge >= 0.3 is 6.09 Å². The fourth-order valence-corrected chi connectivity index (χ4v) is 1.73. The smallest absolute Gasteiger partial charge is 0.409 e. The van der Waals surface area contributed by atoms with Crippen molar-refractivity contribution in [2.75, 3.05) is 6.61 Å². The Morgan fingerprint density at radius 1 is 1.58 bits per heavy atom. The van der Waals surface area contributed by atoms with E-state index in [-0.39, 0.29) is 12.8 Å². The molecule has 6 nitrogen and oxygen atoms in total. The first-order valence-electron chi connectivity index (χ1n) is 6.49. The van der Waals surface area contributed by atoms with Gasteiger partial charge in [0, 0.05) is 18.8 Å². The lowest BCUT2D eigenvalue weighted by atomic mass is 10.2. The summed E-state index contributed by atoms with van der Waals surface area (Å²) in [6, 6.07) is 0. The number of nitrogens with one attached hydrogen (secondary N) is 1. The maximum atomic E-state index is 11.8. The van der Waals surface area contributed by atoms with E-state index < -0.39 is 11.7 Å². The van der Waals surface area contributed by atoms with Crippen LogP contribution in [0.5, 0.6) is 0 Å². The molecule has 0 spiro atoms. The lowest BCUT2D eigenvalue weighted by Gasteiger charge is -2.24. The third-order valence-electron chi connectivity index (χ3n) is 2.49. The molecule has 1 unspecified atom stereocenters. The summed E-state index contributed by atoms with van der Waals surface area (Å²) in [6.45, 7) is 7.45. The van der Waals surface area contributed by atoms with E-state index in [0.29, 0.717) is 12.8 Å². The summed E-state index contributed by atoms with van der Waals surface area (Å²) in [5.74, 6) is 0.741. The summed E-state index contributed by atoms with van der Waals surface area (Å²) in [4.78, 5) is 15.9. The zero-order valence-electron chi connectivity index (χ0n) is 12.0. The van der Waals surface area contributed by atoms with E-state index >= 15 is 0 Å². The first-order chi connectivity index (χ1) is 8.87. The van der Waals surface area contributed by atoms with E-state index in [1.807, 2.05) is 32.3 Å². The normalized spacial score (nSPS) is 13.1. The van der Waals surface area contributed by atoms with Crippen LogP contribution in [0.25, 0.3) is 0 Å². The topological polar surface area (TPSA) is 76.4 Å². The summed E-state index contributed by atoms with van der Waals surface area (Å²) >= 11 is 0. The lowest BCUT2D eigenvalue weighted by Crippen LogP contribution is -2.37. The molecule has 2 N–H and O–H groups in total. The van der Waals surface area contributed by atoms with Crippen LogP contribution in [0.4, 0.5) is 4.79 Å². The van der Waals surface area contributed by atoms with E-state index in [2.05, 4.69) is 10.3 Å². The van der Waals surface area contributed by atoms with Gasteiger partial charge in [0.05, 0.1) is 6.61 Å². The number of aliphatic hydroxyl groups is 1. The van der Waals surface area contributed by atoms with Crippen molar-refractivity contribution in [2.45, 2.75) is 52.3 Å². The van der Waals surface area contributed by atoms with Gasteiger partial charge in [0.1, 0.15) is 17.6 Å². The van der Waals surface area contributed by atoms with Crippen molar-refractivity contribution in [3.63, 3.8) is 0 Å². The molecule has 108 valence electrons. The molecule has 0 aromatic carbocycles. The molecule has 1 rings (SSSR count). The second-order valence-electron chi connectivity index (χ2n) is 5.29. The van der Waals surface area contributed by atoms with Gasteiger partial charge in [-0.25, -0.2) is 9.78 Å². The van der Waals surface area contributed by atoms with E-state index in [4.69, 9.17) is 9.84 Å². The summed E-state index contributed by atoms with van der Waals surface area (Å²) in [6.07, 6.45) is 3.93. The molecule has 1 aromatic rings. The van der Waals surface area contributed by atoms with E-state index in [1.54, 1.807) is 12.4 Å². The van der Waals surface area contributed by atoms with Crippen molar-refractivity contribution in [3.8, 4) is 0 Å². The molecule has 0 radical (unpaired) electrons. The number of carbonyl (C=O) groups excluding carboxylic acids is 1. The fourth-order valence-electron chi connectivity index (χ4n) is 1.73. The third-order valence-corrected chi connectivity index (χ3v) is 2.49. The first-order valence-corrected chi connectivity index (χ1v) is 6.49. The number of amides is 1. The maximum Gasteiger partial charge on any atom is 0.409 e. The van der Waals surface area contributed by atoms with Crippen LogP contribution in [0.2, 0.25) is 0 Å². The molecule has 6 heteroatoms. The number of aromatic nitrogens is 2. The molecule has 0 aliphatic carbocycles. The highest BCUT2D eigenvalue weighted by Crippen LogP contribution is 2.13. The van der Waals surface area contributed by atoms with E-state index in [1.165, 1.54) is 0 Å². The third kappa shape index (κ3) is 4.90. The molecule has 0 fully saturated rings. The van der Waals surface area contributed by atoms with Crippen LogP contribution in [0, 0.1) is 0 Å². The van der Waals surface area contributed by atoms with Crippen molar-refractivity contribution in [1.29, 1.82) is 0 Å². The van der Waals surface area contributed by atoms with Crippen LogP contribution >= 0.6 is 0 Å². The van der Waals surface area contributed by atoms with Gasteiger partial charge in [-0.05, 0) is 27.2 Å². The lowest BCUT2D eigenvalue weighted by molar-refractivity contribution is 0.0478. The van der Waals surface area contributed by atoms with E-state index in [0.717, 1.165) is 5.82 Å². The van der Waals surface area contributed by atoms with Crippen LogP contribution in [0.3, 0.4) is 0 Å². The number of hydrogen-bond donors (Lipinski definition) is 2. The molecule has 0 aliphatic rings. The standard InChI is InChI=1S/C13H23N3O3/c1-5-10(15-12(18)19-13(2,3)4)16-8-7-14-11(16)6-9-17/h7-8,10,17H,5-6,9H2,1-4H3,(H,15,18). The molecule has 1 atom stereocenters. The van der Waals surface area contributed by atoms with Crippen molar-refractivity contribution < 1.29 is 14.6 Å². The quantitative estimate of drug-likeness (QED) is 0.855. The number of imidazole rings is 1. The Labute approximate surface area is 113 Å². The van der Waals surface area contributed by atoms with Crippen LogP contribution in [-0.2, 0) is 11.2 Å². The molecule has 1 heterocycles. The summed E-state index contributed by atoms with van der Waals surface area (Å²) in [5.41, 5.74) is -0.523. The van der Waals surface area contributed by atoms with Gasteiger partial charge in [-0.3, -0.25) is 0 Å². The molecule has 1 aromatic heterocycles. The zero-order chi connectivity index (χ0) is 14.5. The Kier molecular flexibility index (Phi) is 5.35. The predicted molar refractivity (Wildman–Crippen MR) is 71.7 cm³/mol. The second kappa shape index (κ2) is 6.56. The van der Waals surface area contributed by atoms with Gasteiger partial charge in [-0.15, -0.1) is 0 Å². The average Bonchev–Trinajstić information content (AvgIpc) is 2.72. The highest BCUT2D eigenvalue weighted by atomic mass is 16.6. The molecule has 0 bridgehead atoms. The Morgan fingerprint density at radius 2 is 2.26 bits per heavy atom. The zero-order valence-corrected chi connectivity index (χ0v) is 12.0. The number of hydrogen-bond acceptors (Lipinski definition) is 4. The van der Waals surface area contributed by atoms with Crippen LogP contribution in [0.15, 0.2) is 12.4 Å². The Morgan fingerprint density at radius 3 is 2.79 bits per heavy atom. The van der Waals surface area contributed by atoms with Crippen LogP contribution in [0.1, 0.15) is 46.1 Å². The number of alkyl carbamates (subject to hydrolysis) is 1. The number of aliphatic hydroxyl groups excluding tert-OH is 1. The molecule has 19 heavy (non-hydrogen) atoms. The molecular weight excluding hydrogens is 246 g/mol. The van der Waals surface area contributed by atoms with Gasteiger partial charge in [-0.2, -0.15) is 0 Å². The van der Waals surface area contributed by atoms with Crippen molar-refractivity contribution in [2.24, 2.45) is 0 Å². The van der Waals surface area contributed by atoms with E-state index in [9.17, 15) is 4.79 Å². The fraction of sp³-hybridized carbons (Fsp3) is 0.692. The molecule has 1 amide bonds. The second-order valence-corrected chi connectivity index (χ2v) is 5.29. The molecule has 0 saturated carbocycles. The summed E-state index contributed by atoms with van der Waals surface area (Å²) < 4.78 is 7.08. The summed E-state index contributed by atoms with van der Waals surface area (Å²) in [5, 5.41) is 11.8. The molecular formula is C13H23N3O3. The average molecular weight is 269 g/mol. The Bertz CT molecular complexity index is 410. The number of rotatable bonds is 5. The van der Waals surface area contributed by atoms with Gasteiger partial charge in [0.2, 0.25) is 0 Å². The first kappa shape index (κ1) is 15.5. The van der Waals surface area contributed by atoms with Gasteiger partial charge in [0.25, 0.3) is 0 Å². The minimum Gasteiger partial charge on any atom is -0.444 e. The SMILES string of the molecule is CCC(NC(=O)OC(C)(C)C)n1ccnc1CCO. The van der Waals surface area contributed by atoms with Gasteiger partial charge < -0.3 is 19.7 Å². The van der Waals surface area contributed by atoms with Gasteiger partial charge in [0.15, 0.2) is 0 Å². The largest absolute Gasteiger partial charge is 0.444 e. The minimum atomic E-state index is -0.523. The highest BCUT2D eigenvalue weighted by molar-refractivity contribution is 5.67. The minimum absolute atomic E-state index is 0.0277. The number of ether oxygens (including phenoxy) is 1. The van der Waals surface area contributed by atoms with Crippen molar-refractivity contribution >= 4 is 6.09 Å². The highest BCUT2D eigenvalue weighted by Gasteiger charge is 2.20. The number of carbonyl (C=O) groups is 1. The van der Waals surface area contributed by atoms with Gasteiger partial charge in [-0.1, -0.05) is 6.92 Å². The number of nitrogens with zero attached hydrogens (tertiary/aromatic N) is 2. The molecule has 0 saturated heterocycles. The maximum absolute atomic E-state index is 11.8. The van der Waals surface area contributed by atoms with Crippen molar-refractivity contribution in [3.05, 3.63) is 18.2 Å². The summed E-state index contributed by atoms with van der Waals surface area (Å²) in [7, 11) is 0. The van der Waals surface area contributed by atoms with Crippen LogP contribution in [-0.4, -0.2) is 33.0 Å². The van der Waals surface area contributed by atoms with Crippen molar-refractivity contribution in [1.82, 2.24) is 14.9 Å². The Hall–Kier alpha value is -1.56.